The highest BCUT2D eigenvalue weighted by atomic mass is 79.9. The number of hydrogen-bond donors (Lipinski definition) is 2. The Morgan fingerprint density at radius 1 is 1.33 bits per heavy atom. The van der Waals surface area contributed by atoms with Crippen molar-refractivity contribution in [3.63, 3.8) is 0 Å². The Morgan fingerprint density at radius 2 is 2.07 bits per heavy atom. The van der Waals surface area contributed by atoms with Crippen LogP contribution in [0.1, 0.15) is 48.1 Å². The Hall–Kier alpha value is -2.10. The van der Waals surface area contributed by atoms with Crippen molar-refractivity contribution in [1.82, 2.24) is 14.9 Å². The highest BCUT2D eigenvalue weighted by Crippen LogP contribution is 2.42. The lowest BCUT2D eigenvalue weighted by Gasteiger charge is -2.37. The fourth-order valence-corrected chi connectivity index (χ4v) is 4.67. The largest absolute Gasteiger partial charge is 0.387 e. The molecule has 9 heteroatoms. The Bertz CT molecular complexity index is 951. The van der Waals surface area contributed by atoms with Crippen molar-refractivity contribution in [3.8, 4) is 0 Å². The predicted octanol–water partition coefficient (Wildman–Crippen LogP) is 2.31. The van der Waals surface area contributed by atoms with E-state index in [1.807, 2.05) is 0 Å². The first-order valence-corrected chi connectivity index (χ1v) is 10.9. The zero-order valence-electron chi connectivity index (χ0n) is 16.8. The first-order chi connectivity index (χ1) is 14.4. The average molecular weight is 478 g/mol. The van der Waals surface area contributed by atoms with Gasteiger partial charge in [0.2, 0.25) is 5.91 Å². The van der Waals surface area contributed by atoms with Crippen molar-refractivity contribution >= 4 is 27.7 Å². The van der Waals surface area contributed by atoms with Crippen molar-refractivity contribution in [3.05, 3.63) is 51.6 Å². The third-order valence-electron chi connectivity index (χ3n) is 6.05. The minimum atomic E-state index is -0.572. The lowest BCUT2D eigenvalue weighted by molar-refractivity contribution is -0.132. The summed E-state index contributed by atoms with van der Waals surface area (Å²) in [4.78, 5) is 25.8. The highest BCUT2D eigenvalue weighted by molar-refractivity contribution is 9.10. The van der Waals surface area contributed by atoms with Gasteiger partial charge in [-0.3, -0.25) is 4.79 Å². The van der Waals surface area contributed by atoms with Crippen LogP contribution in [0, 0.1) is 5.82 Å². The Labute approximate surface area is 183 Å². The van der Waals surface area contributed by atoms with Gasteiger partial charge in [0, 0.05) is 38.3 Å². The summed E-state index contributed by atoms with van der Waals surface area (Å²) in [5.41, 5.74) is 8.18. The standard InChI is InChI=1S/C21H25BrFN5O2/c1-12-8-17(29)19-18(12)20(26-11-25-19)27-4-6-28(7-5-27)21(30)14(10-24)13-2-3-15(22)16(23)9-13/h2-3,9,11-12,14,17,29H,4-8,10,24H2,1H3/t12-,14-,17-/m1/s1. The number of nitrogens with zero attached hydrogens (tertiary/aromatic N) is 4. The maximum absolute atomic E-state index is 13.9. The molecule has 3 atom stereocenters. The normalized spacial score (nSPS) is 22.2. The van der Waals surface area contributed by atoms with E-state index in [1.165, 1.54) is 12.4 Å². The van der Waals surface area contributed by atoms with Gasteiger partial charge in [-0.25, -0.2) is 14.4 Å². The van der Waals surface area contributed by atoms with E-state index in [0.717, 1.165) is 11.4 Å². The number of aromatic nitrogens is 2. The maximum atomic E-state index is 13.9. The number of carbonyl (C=O) groups excluding carboxylic acids is 1. The first kappa shape index (κ1) is 21.1. The Balaban J connectivity index is 1.47. The van der Waals surface area contributed by atoms with E-state index in [2.05, 4.69) is 37.7 Å². The Morgan fingerprint density at radius 3 is 2.73 bits per heavy atom. The van der Waals surface area contributed by atoms with Crippen molar-refractivity contribution < 1.29 is 14.3 Å². The van der Waals surface area contributed by atoms with E-state index < -0.39 is 17.8 Å². The van der Waals surface area contributed by atoms with E-state index >= 15 is 0 Å². The summed E-state index contributed by atoms with van der Waals surface area (Å²) < 4.78 is 14.3. The number of benzene rings is 1. The molecule has 7 nitrogen and oxygen atoms in total. The van der Waals surface area contributed by atoms with Crippen LogP contribution in [-0.2, 0) is 4.79 Å². The molecule has 30 heavy (non-hydrogen) atoms. The lowest BCUT2D eigenvalue weighted by atomic mass is 9.97. The number of aliphatic hydroxyl groups is 1. The van der Waals surface area contributed by atoms with E-state index in [1.54, 1.807) is 17.0 Å². The second kappa shape index (κ2) is 8.56. The summed E-state index contributed by atoms with van der Waals surface area (Å²) in [6.45, 7) is 4.52. The minimum Gasteiger partial charge on any atom is -0.387 e. The summed E-state index contributed by atoms with van der Waals surface area (Å²) in [6.07, 6.45) is 1.61. The quantitative estimate of drug-likeness (QED) is 0.701. The number of anilines is 1. The van der Waals surface area contributed by atoms with Crippen LogP contribution in [0.2, 0.25) is 0 Å². The second-order valence-corrected chi connectivity index (χ2v) is 8.78. The van der Waals surface area contributed by atoms with Crippen LogP contribution in [0.3, 0.4) is 0 Å². The molecule has 1 amide bonds. The molecule has 0 radical (unpaired) electrons. The topological polar surface area (TPSA) is 95.6 Å². The number of halogens is 2. The molecule has 0 spiro atoms. The van der Waals surface area contributed by atoms with Crippen LogP contribution >= 0.6 is 15.9 Å². The lowest BCUT2D eigenvalue weighted by Crippen LogP contribution is -2.51. The smallest absolute Gasteiger partial charge is 0.231 e. The van der Waals surface area contributed by atoms with E-state index in [0.29, 0.717) is 48.3 Å². The second-order valence-electron chi connectivity index (χ2n) is 7.92. The molecule has 2 aliphatic rings. The monoisotopic (exact) mass is 477 g/mol. The molecule has 160 valence electrons. The number of nitrogens with two attached hydrogens (primary N) is 1. The number of amides is 1. The fraction of sp³-hybridized carbons (Fsp3) is 0.476. The van der Waals surface area contributed by atoms with Crippen LogP contribution in [0.15, 0.2) is 29.0 Å². The number of carbonyl (C=O) groups is 1. The minimum absolute atomic E-state index is 0.0874. The zero-order chi connectivity index (χ0) is 21.4. The van der Waals surface area contributed by atoms with Crippen LogP contribution in [-0.4, -0.2) is 58.6 Å². The zero-order valence-corrected chi connectivity index (χ0v) is 18.3. The third kappa shape index (κ3) is 3.81. The SMILES string of the molecule is C[C@@H]1C[C@@H](O)c2ncnc(N3CCN(C(=O)[C@H](CN)c4ccc(Br)c(F)c4)CC3)c21. The molecule has 1 aliphatic carbocycles. The van der Waals surface area contributed by atoms with Gasteiger partial charge in [0.25, 0.3) is 0 Å². The number of aliphatic hydroxyl groups excluding tert-OH is 1. The van der Waals surface area contributed by atoms with E-state index in [9.17, 15) is 14.3 Å². The molecule has 0 bridgehead atoms. The molecular weight excluding hydrogens is 453 g/mol. The molecule has 2 aromatic rings. The molecular formula is C21H25BrFN5O2. The summed E-state index contributed by atoms with van der Waals surface area (Å²) in [6, 6.07) is 4.70. The average Bonchev–Trinajstić information content (AvgIpc) is 3.05. The maximum Gasteiger partial charge on any atom is 0.231 e. The molecule has 1 aromatic carbocycles. The Kier molecular flexibility index (Phi) is 6.04. The number of rotatable bonds is 4. The van der Waals surface area contributed by atoms with Crippen molar-refractivity contribution in [2.45, 2.75) is 31.3 Å². The van der Waals surface area contributed by atoms with Gasteiger partial charge < -0.3 is 20.6 Å². The van der Waals surface area contributed by atoms with Crippen LogP contribution in [0.4, 0.5) is 10.2 Å². The highest BCUT2D eigenvalue weighted by Gasteiger charge is 2.34. The van der Waals surface area contributed by atoms with Crippen molar-refractivity contribution in [1.29, 1.82) is 0 Å². The molecule has 0 saturated carbocycles. The molecule has 1 aromatic heterocycles. The molecule has 1 aliphatic heterocycles. The van der Waals surface area contributed by atoms with Gasteiger partial charge in [-0.1, -0.05) is 13.0 Å². The summed E-state index contributed by atoms with van der Waals surface area (Å²) >= 11 is 3.14. The van der Waals surface area contributed by atoms with Crippen molar-refractivity contribution in [2.75, 3.05) is 37.6 Å². The third-order valence-corrected chi connectivity index (χ3v) is 6.69. The van der Waals surface area contributed by atoms with Gasteiger partial charge in [0.15, 0.2) is 0 Å². The van der Waals surface area contributed by atoms with Gasteiger partial charge in [0.05, 0.1) is 22.2 Å². The van der Waals surface area contributed by atoms with Crippen LogP contribution in [0.25, 0.3) is 0 Å². The summed E-state index contributed by atoms with van der Waals surface area (Å²) in [5.74, 6) is -0.0213. The first-order valence-electron chi connectivity index (χ1n) is 10.1. The molecule has 4 rings (SSSR count). The van der Waals surface area contributed by atoms with Gasteiger partial charge >= 0.3 is 0 Å². The van der Waals surface area contributed by atoms with Crippen LogP contribution < -0.4 is 10.6 Å². The fourth-order valence-electron chi connectivity index (χ4n) is 4.42. The number of fused-ring (bicyclic) bond motifs is 1. The van der Waals surface area contributed by atoms with Gasteiger partial charge in [-0.15, -0.1) is 0 Å². The predicted molar refractivity (Wildman–Crippen MR) is 115 cm³/mol. The van der Waals surface area contributed by atoms with Gasteiger partial charge in [-0.2, -0.15) is 0 Å². The summed E-state index contributed by atoms with van der Waals surface area (Å²) in [5, 5.41) is 10.2. The van der Waals surface area contributed by atoms with E-state index in [-0.39, 0.29) is 18.4 Å². The number of hydrogen-bond acceptors (Lipinski definition) is 6. The molecule has 0 unspecified atom stereocenters. The van der Waals surface area contributed by atoms with Gasteiger partial charge in [-0.05, 0) is 46.0 Å². The molecule has 3 N–H and O–H groups in total. The van der Waals surface area contributed by atoms with Crippen molar-refractivity contribution in [2.24, 2.45) is 5.73 Å². The summed E-state index contributed by atoms with van der Waals surface area (Å²) in [7, 11) is 0. The number of piperazine rings is 1. The van der Waals surface area contributed by atoms with Crippen LogP contribution in [0.5, 0.6) is 0 Å². The van der Waals surface area contributed by atoms with E-state index in [4.69, 9.17) is 5.73 Å². The molecule has 1 saturated heterocycles. The molecule has 2 heterocycles. The van der Waals surface area contributed by atoms with Gasteiger partial charge in [0.1, 0.15) is 18.0 Å². The molecule has 1 fully saturated rings.